The summed E-state index contributed by atoms with van der Waals surface area (Å²) in [5, 5.41) is 3.16. The molecule has 118 valence electrons. The molecule has 1 aromatic carbocycles. The van der Waals surface area contributed by atoms with Crippen molar-refractivity contribution in [3.63, 3.8) is 0 Å². The maximum Gasteiger partial charge on any atom is 0.418 e. The first-order valence-electron chi connectivity index (χ1n) is 7.49. The van der Waals surface area contributed by atoms with Crippen LogP contribution >= 0.6 is 0 Å². The Bertz CT molecular complexity index is 483. The van der Waals surface area contributed by atoms with Crippen LogP contribution in [0.1, 0.15) is 44.7 Å². The van der Waals surface area contributed by atoms with E-state index in [0.717, 1.165) is 12.8 Å². The van der Waals surface area contributed by atoms with Crippen LogP contribution in [0.5, 0.6) is 0 Å². The summed E-state index contributed by atoms with van der Waals surface area (Å²) in [5.41, 5.74) is 0.478. The molecule has 1 unspecified atom stereocenters. The van der Waals surface area contributed by atoms with Crippen molar-refractivity contribution in [2.75, 3.05) is 11.4 Å². The molecule has 21 heavy (non-hydrogen) atoms. The summed E-state index contributed by atoms with van der Waals surface area (Å²) in [6.07, 6.45) is -2.41. The lowest BCUT2D eigenvalue weighted by Gasteiger charge is -2.27. The zero-order valence-corrected chi connectivity index (χ0v) is 12.8. The Morgan fingerprint density at radius 1 is 1.33 bits per heavy atom. The van der Waals surface area contributed by atoms with Gasteiger partial charge in [-0.2, -0.15) is 13.2 Å². The summed E-state index contributed by atoms with van der Waals surface area (Å²) in [4.78, 5) is 1.88. The first kappa shape index (κ1) is 16.1. The van der Waals surface area contributed by atoms with Crippen LogP contribution in [0.3, 0.4) is 0 Å². The monoisotopic (exact) mass is 300 g/mol. The highest BCUT2D eigenvalue weighted by Gasteiger charge is 2.36. The minimum Gasteiger partial charge on any atom is -0.368 e. The van der Waals surface area contributed by atoms with Gasteiger partial charge in [0.05, 0.1) is 5.56 Å². The molecule has 2 rings (SSSR count). The van der Waals surface area contributed by atoms with Crippen molar-refractivity contribution in [2.45, 2.75) is 58.4 Å². The fourth-order valence-corrected chi connectivity index (χ4v) is 2.78. The number of hydrogen-bond donors (Lipinski definition) is 1. The first-order chi connectivity index (χ1) is 9.79. The van der Waals surface area contributed by atoms with Gasteiger partial charge in [-0.15, -0.1) is 0 Å². The molecular formula is C16H23F3N2. The number of benzene rings is 1. The fourth-order valence-electron chi connectivity index (χ4n) is 2.78. The Labute approximate surface area is 124 Å². The van der Waals surface area contributed by atoms with Gasteiger partial charge in [0.1, 0.15) is 0 Å². The van der Waals surface area contributed by atoms with E-state index in [1.807, 2.05) is 25.7 Å². The van der Waals surface area contributed by atoms with Gasteiger partial charge in [-0.05, 0) is 37.5 Å². The molecule has 5 heteroatoms. The van der Waals surface area contributed by atoms with Crippen molar-refractivity contribution < 1.29 is 13.2 Å². The molecule has 2 nitrogen and oxygen atoms in total. The topological polar surface area (TPSA) is 15.3 Å². The van der Waals surface area contributed by atoms with Gasteiger partial charge in [-0.3, -0.25) is 0 Å². The third-order valence-electron chi connectivity index (χ3n) is 3.94. The van der Waals surface area contributed by atoms with Crippen LogP contribution in [0.25, 0.3) is 0 Å². The summed E-state index contributed by atoms with van der Waals surface area (Å²) in [5.74, 6) is 0. The lowest BCUT2D eigenvalue weighted by atomic mass is 10.1. The molecule has 1 N–H and O–H groups in total. The summed E-state index contributed by atoms with van der Waals surface area (Å²) in [6.45, 7) is 7.10. The van der Waals surface area contributed by atoms with Gasteiger partial charge in [0.25, 0.3) is 0 Å². The number of anilines is 1. The van der Waals surface area contributed by atoms with E-state index < -0.39 is 11.7 Å². The number of hydrogen-bond acceptors (Lipinski definition) is 2. The minimum absolute atomic E-state index is 0.172. The smallest absolute Gasteiger partial charge is 0.368 e. The van der Waals surface area contributed by atoms with E-state index in [9.17, 15) is 13.2 Å². The molecule has 1 aliphatic heterocycles. The van der Waals surface area contributed by atoms with Crippen LogP contribution < -0.4 is 10.2 Å². The Kier molecular flexibility index (Phi) is 4.81. The predicted octanol–water partition coefficient (Wildman–Crippen LogP) is 4.19. The molecule has 1 heterocycles. The van der Waals surface area contributed by atoms with E-state index in [1.54, 1.807) is 12.1 Å². The number of rotatable bonds is 4. The average molecular weight is 300 g/mol. The van der Waals surface area contributed by atoms with E-state index in [0.29, 0.717) is 24.3 Å². The Morgan fingerprint density at radius 3 is 2.57 bits per heavy atom. The fraction of sp³-hybridized carbons (Fsp3) is 0.625. The Hall–Kier alpha value is -1.23. The molecule has 1 atom stereocenters. The lowest BCUT2D eigenvalue weighted by molar-refractivity contribution is -0.137. The van der Waals surface area contributed by atoms with Crippen molar-refractivity contribution in [1.82, 2.24) is 5.32 Å². The summed E-state index contributed by atoms with van der Waals surface area (Å²) >= 11 is 0. The molecule has 0 radical (unpaired) electrons. The second-order valence-corrected chi connectivity index (χ2v) is 6.07. The van der Waals surface area contributed by atoms with E-state index in [-0.39, 0.29) is 12.1 Å². The van der Waals surface area contributed by atoms with Gasteiger partial charge < -0.3 is 10.2 Å². The van der Waals surface area contributed by atoms with Gasteiger partial charge in [0.2, 0.25) is 0 Å². The summed E-state index contributed by atoms with van der Waals surface area (Å²) < 4.78 is 40.1. The molecule has 0 aliphatic carbocycles. The highest BCUT2D eigenvalue weighted by atomic mass is 19.4. The molecule has 0 aromatic heterocycles. The van der Waals surface area contributed by atoms with Crippen molar-refractivity contribution in [1.29, 1.82) is 0 Å². The highest BCUT2D eigenvalue weighted by Crippen LogP contribution is 2.39. The number of halogens is 3. The molecule has 0 spiro atoms. The molecule has 1 aromatic rings. The zero-order chi connectivity index (χ0) is 15.6. The van der Waals surface area contributed by atoms with Crippen molar-refractivity contribution in [2.24, 2.45) is 0 Å². The van der Waals surface area contributed by atoms with Crippen molar-refractivity contribution >= 4 is 5.69 Å². The molecule has 0 bridgehead atoms. The predicted molar refractivity (Wildman–Crippen MR) is 79.5 cm³/mol. The van der Waals surface area contributed by atoms with Crippen LogP contribution in [-0.2, 0) is 12.7 Å². The Balaban J connectivity index is 2.32. The number of nitrogens with one attached hydrogen (secondary N) is 1. The van der Waals surface area contributed by atoms with Gasteiger partial charge in [0.15, 0.2) is 0 Å². The molecule has 1 fully saturated rings. The van der Waals surface area contributed by atoms with Crippen molar-refractivity contribution in [3.05, 3.63) is 29.3 Å². The highest BCUT2D eigenvalue weighted by molar-refractivity contribution is 5.57. The number of nitrogens with zero attached hydrogens (tertiary/aromatic N) is 1. The van der Waals surface area contributed by atoms with Crippen LogP contribution in [0.15, 0.2) is 18.2 Å². The summed E-state index contributed by atoms with van der Waals surface area (Å²) in [7, 11) is 0. The maximum atomic E-state index is 13.4. The van der Waals surface area contributed by atoms with Crippen LogP contribution in [0.2, 0.25) is 0 Å². The second-order valence-electron chi connectivity index (χ2n) is 6.07. The molecule has 0 saturated carbocycles. The first-order valence-corrected chi connectivity index (χ1v) is 7.49. The molecule has 1 aliphatic rings. The minimum atomic E-state index is -4.31. The average Bonchev–Trinajstić information content (AvgIpc) is 2.81. The quantitative estimate of drug-likeness (QED) is 0.897. The van der Waals surface area contributed by atoms with Crippen LogP contribution in [-0.4, -0.2) is 18.6 Å². The third-order valence-corrected chi connectivity index (χ3v) is 3.94. The Morgan fingerprint density at radius 2 is 2.05 bits per heavy atom. The van der Waals surface area contributed by atoms with Crippen LogP contribution in [0, 0.1) is 0 Å². The molecule has 1 saturated heterocycles. The van der Waals surface area contributed by atoms with E-state index in [2.05, 4.69) is 5.32 Å². The maximum absolute atomic E-state index is 13.4. The van der Waals surface area contributed by atoms with Crippen LogP contribution in [0.4, 0.5) is 18.9 Å². The van der Waals surface area contributed by atoms with Gasteiger partial charge >= 0.3 is 6.18 Å². The van der Waals surface area contributed by atoms with Gasteiger partial charge in [-0.25, -0.2) is 0 Å². The van der Waals surface area contributed by atoms with E-state index in [1.165, 1.54) is 6.07 Å². The summed E-state index contributed by atoms with van der Waals surface area (Å²) in [6, 6.07) is 5.13. The molecule has 0 amide bonds. The SMILES string of the molecule is CC(C)NCc1ccc(N2CCCC2C)c(C(F)(F)F)c1. The van der Waals surface area contributed by atoms with E-state index >= 15 is 0 Å². The second kappa shape index (κ2) is 6.26. The van der Waals surface area contributed by atoms with Crippen molar-refractivity contribution in [3.8, 4) is 0 Å². The normalized spacial score (nSPS) is 19.6. The lowest BCUT2D eigenvalue weighted by Crippen LogP contribution is -2.29. The largest absolute Gasteiger partial charge is 0.418 e. The standard InChI is InChI=1S/C16H23F3N2/c1-11(2)20-10-13-6-7-15(14(9-13)16(17,18)19)21-8-4-5-12(21)3/h6-7,9,11-12,20H,4-5,8,10H2,1-3H3. The zero-order valence-electron chi connectivity index (χ0n) is 12.8. The van der Waals surface area contributed by atoms with E-state index in [4.69, 9.17) is 0 Å². The molecular weight excluding hydrogens is 277 g/mol. The van der Waals surface area contributed by atoms with Gasteiger partial charge in [0, 0.05) is 30.9 Å². The number of alkyl halides is 3. The van der Waals surface area contributed by atoms with Gasteiger partial charge in [-0.1, -0.05) is 19.9 Å². The third kappa shape index (κ3) is 3.90.